The molecule has 0 radical (unpaired) electrons. The normalized spacial score (nSPS) is 24.5. The molecule has 0 amide bonds. The molecule has 1 aromatic carbocycles. The highest BCUT2D eigenvalue weighted by atomic mass is 79.9. The van der Waals surface area contributed by atoms with Crippen molar-refractivity contribution in [2.24, 2.45) is 0 Å². The van der Waals surface area contributed by atoms with Crippen molar-refractivity contribution in [3.05, 3.63) is 28.7 Å². The number of halogens is 1. The van der Waals surface area contributed by atoms with Gasteiger partial charge in [0.15, 0.2) is 0 Å². The molecular weight excluding hydrogens is 267 g/mol. The zero-order valence-electron chi connectivity index (χ0n) is 9.87. The molecule has 0 spiro atoms. The quantitative estimate of drug-likeness (QED) is 0.738. The van der Waals surface area contributed by atoms with Gasteiger partial charge in [-0.25, -0.2) is 0 Å². The van der Waals surface area contributed by atoms with E-state index in [1.165, 1.54) is 0 Å². The van der Waals surface area contributed by atoms with Crippen LogP contribution in [0, 0.1) is 0 Å². The predicted molar refractivity (Wildman–Crippen MR) is 69.9 cm³/mol. The van der Waals surface area contributed by atoms with Gasteiger partial charge in [-0.1, -0.05) is 28.1 Å². The molecule has 1 heterocycles. The van der Waals surface area contributed by atoms with Crippen molar-refractivity contribution in [3.8, 4) is 0 Å². The lowest BCUT2D eigenvalue weighted by atomic mass is 9.75. The first-order valence-corrected chi connectivity index (χ1v) is 6.34. The lowest BCUT2D eigenvalue weighted by Crippen LogP contribution is -2.51. The first-order valence-electron chi connectivity index (χ1n) is 5.55. The third-order valence-corrected chi connectivity index (χ3v) is 3.23. The average Bonchev–Trinajstić information content (AvgIpc) is 2.15. The molecule has 1 aromatic rings. The third kappa shape index (κ3) is 2.87. The van der Waals surface area contributed by atoms with Crippen molar-refractivity contribution in [1.82, 2.24) is 0 Å². The van der Waals surface area contributed by atoms with Gasteiger partial charge in [-0.3, -0.25) is 0 Å². The Hall–Kier alpha value is -0.315. The molecule has 1 saturated heterocycles. The van der Waals surface area contributed by atoms with Gasteiger partial charge in [0.25, 0.3) is 0 Å². The van der Waals surface area contributed by atoms with Crippen molar-refractivity contribution in [2.45, 2.75) is 38.9 Å². The van der Waals surface area contributed by atoms with Crippen LogP contribution >= 0.6 is 15.9 Å². The van der Waals surface area contributed by atoms with E-state index in [0.717, 1.165) is 16.4 Å². The SMILES string of the molecule is CC1CC(C)(C)OB(c2ccc(Br)cc2)O1. The fraction of sp³-hybridized carbons (Fsp3) is 0.500. The average molecular weight is 283 g/mol. The Morgan fingerprint density at radius 2 is 1.94 bits per heavy atom. The summed E-state index contributed by atoms with van der Waals surface area (Å²) < 4.78 is 12.8. The lowest BCUT2D eigenvalue weighted by molar-refractivity contribution is -0.0229. The van der Waals surface area contributed by atoms with E-state index in [0.29, 0.717) is 0 Å². The first kappa shape index (κ1) is 12.2. The Morgan fingerprint density at radius 1 is 1.31 bits per heavy atom. The molecule has 2 rings (SSSR count). The maximum Gasteiger partial charge on any atom is 0.494 e. The maximum atomic E-state index is 5.93. The molecule has 0 saturated carbocycles. The summed E-state index contributed by atoms with van der Waals surface area (Å²) >= 11 is 3.42. The van der Waals surface area contributed by atoms with Crippen molar-refractivity contribution < 1.29 is 9.31 Å². The molecule has 0 aliphatic carbocycles. The summed E-state index contributed by atoms with van der Waals surface area (Å²) in [5.74, 6) is 0. The van der Waals surface area contributed by atoms with Crippen LogP contribution in [0.1, 0.15) is 27.2 Å². The van der Waals surface area contributed by atoms with Crippen LogP contribution in [-0.4, -0.2) is 18.8 Å². The second-order valence-corrected chi connectivity index (χ2v) is 5.83. The lowest BCUT2D eigenvalue weighted by Gasteiger charge is -2.38. The van der Waals surface area contributed by atoms with Crippen LogP contribution in [0.2, 0.25) is 0 Å². The second-order valence-electron chi connectivity index (χ2n) is 4.91. The van der Waals surface area contributed by atoms with Gasteiger partial charge in [0.05, 0.1) is 5.60 Å². The minimum atomic E-state index is -0.244. The van der Waals surface area contributed by atoms with E-state index in [9.17, 15) is 0 Å². The van der Waals surface area contributed by atoms with Gasteiger partial charge in [-0.05, 0) is 44.8 Å². The molecule has 4 heteroatoms. The smallest absolute Gasteiger partial charge is 0.405 e. The van der Waals surface area contributed by atoms with Crippen molar-refractivity contribution >= 4 is 28.5 Å². The minimum Gasteiger partial charge on any atom is -0.405 e. The molecular formula is C12H16BBrO2. The molecule has 86 valence electrons. The summed E-state index contributed by atoms with van der Waals surface area (Å²) in [5.41, 5.74) is 0.956. The molecule has 0 bridgehead atoms. The predicted octanol–water partition coefficient (Wildman–Crippen LogP) is 2.75. The van der Waals surface area contributed by atoms with Crippen LogP contribution in [0.15, 0.2) is 28.7 Å². The number of rotatable bonds is 1. The molecule has 0 aromatic heterocycles. The fourth-order valence-corrected chi connectivity index (χ4v) is 2.35. The number of hydrogen-bond acceptors (Lipinski definition) is 2. The monoisotopic (exact) mass is 282 g/mol. The zero-order chi connectivity index (χ0) is 11.8. The maximum absolute atomic E-state index is 5.93. The molecule has 1 aliphatic heterocycles. The van der Waals surface area contributed by atoms with Crippen LogP contribution < -0.4 is 5.46 Å². The summed E-state index contributed by atoms with van der Waals surface area (Å²) in [4.78, 5) is 0. The van der Waals surface area contributed by atoms with E-state index >= 15 is 0 Å². The van der Waals surface area contributed by atoms with Crippen molar-refractivity contribution in [2.75, 3.05) is 0 Å². The van der Waals surface area contributed by atoms with E-state index in [1.54, 1.807) is 0 Å². The highest BCUT2D eigenvalue weighted by Gasteiger charge is 2.37. The summed E-state index contributed by atoms with van der Waals surface area (Å²) in [6.07, 6.45) is 1.16. The molecule has 2 nitrogen and oxygen atoms in total. The largest absolute Gasteiger partial charge is 0.494 e. The van der Waals surface area contributed by atoms with E-state index in [4.69, 9.17) is 9.31 Å². The summed E-state index contributed by atoms with van der Waals surface area (Å²) in [5, 5.41) is 0. The van der Waals surface area contributed by atoms with Crippen LogP contribution in [0.4, 0.5) is 0 Å². The molecule has 1 fully saturated rings. The minimum absolute atomic E-state index is 0.116. The zero-order valence-corrected chi connectivity index (χ0v) is 11.5. The Labute approximate surface area is 106 Å². The van der Waals surface area contributed by atoms with E-state index in [1.807, 2.05) is 24.3 Å². The van der Waals surface area contributed by atoms with Gasteiger partial charge < -0.3 is 9.31 Å². The number of benzene rings is 1. The molecule has 1 aliphatic rings. The van der Waals surface area contributed by atoms with Gasteiger partial charge >= 0.3 is 7.12 Å². The third-order valence-electron chi connectivity index (χ3n) is 2.70. The van der Waals surface area contributed by atoms with E-state index in [2.05, 4.69) is 36.7 Å². The molecule has 1 unspecified atom stereocenters. The highest BCUT2D eigenvalue weighted by Crippen LogP contribution is 2.25. The van der Waals surface area contributed by atoms with Gasteiger partial charge in [-0.2, -0.15) is 0 Å². The summed E-state index contributed by atoms with van der Waals surface area (Å²) in [6, 6.07) is 8.08. The number of hydrogen-bond donors (Lipinski definition) is 0. The standard InChI is InChI=1S/C12H16BBrO2/c1-9-8-12(2,3)16-13(15-9)10-4-6-11(14)7-5-10/h4-7,9H,8H2,1-3H3. The molecule has 0 N–H and O–H groups in total. The molecule has 16 heavy (non-hydrogen) atoms. The Morgan fingerprint density at radius 3 is 2.50 bits per heavy atom. The first-order chi connectivity index (χ1) is 7.46. The Kier molecular flexibility index (Phi) is 3.43. The topological polar surface area (TPSA) is 18.5 Å². The van der Waals surface area contributed by atoms with Gasteiger partial charge in [0.2, 0.25) is 0 Å². The van der Waals surface area contributed by atoms with Gasteiger partial charge in [0, 0.05) is 10.6 Å². The van der Waals surface area contributed by atoms with E-state index < -0.39 is 0 Å². The fourth-order valence-electron chi connectivity index (χ4n) is 2.08. The second kappa shape index (κ2) is 4.51. The van der Waals surface area contributed by atoms with Gasteiger partial charge in [0.1, 0.15) is 0 Å². The van der Waals surface area contributed by atoms with Gasteiger partial charge in [-0.15, -0.1) is 0 Å². The Balaban J connectivity index is 2.17. The Bertz CT molecular complexity index is 364. The van der Waals surface area contributed by atoms with Crippen molar-refractivity contribution in [3.63, 3.8) is 0 Å². The highest BCUT2D eigenvalue weighted by molar-refractivity contribution is 9.10. The van der Waals surface area contributed by atoms with Crippen molar-refractivity contribution in [1.29, 1.82) is 0 Å². The van der Waals surface area contributed by atoms with Crippen LogP contribution in [0.3, 0.4) is 0 Å². The van der Waals surface area contributed by atoms with Crippen LogP contribution in [-0.2, 0) is 9.31 Å². The van der Waals surface area contributed by atoms with Crippen LogP contribution in [0.5, 0.6) is 0 Å². The molecule has 1 atom stereocenters. The summed E-state index contributed by atoms with van der Waals surface area (Å²) in [7, 11) is -0.244. The van der Waals surface area contributed by atoms with Crippen LogP contribution in [0.25, 0.3) is 0 Å². The summed E-state index contributed by atoms with van der Waals surface area (Å²) in [6.45, 7) is 6.31. The van der Waals surface area contributed by atoms with E-state index in [-0.39, 0.29) is 18.8 Å².